The molecule has 0 saturated heterocycles. The van der Waals surface area contributed by atoms with E-state index in [1.54, 1.807) is 13.0 Å². The van der Waals surface area contributed by atoms with Crippen molar-refractivity contribution in [2.24, 2.45) is 5.92 Å². The summed E-state index contributed by atoms with van der Waals surface area (Å²) in [4.78, 5) is 34.3. The summed E-state index contributed by atoms with van der Waals surface area (Å²) in [6, 6.07) is 7.45. The number of thiophene rings is 1. The molecule has 0 unspecified atom stereocenters. The highest BCUT2D eigenvalue weighted by Crippen LogP contribution is 2.27. The Morgan fingerprint density at radius 2 is 1.94 bits per heavy atom. The third-order valence-electron chi connectivity index (χ3n) is 4.94. The molecule has 0 fully saturated rings. The third kappa shape index (κ3) is 5.41. The molecule has 2 aromatic heterocycles. The Morgan fingerprint density at radius 1 is 1.23 bits per heavy atom. The van der Waals surface area contributed by atoms with Crippen LogP contribution in [0.5, 0.6) is 5.75 Å². The molecule has 0 aliphatic carbocycles. The largest absolute Gasteiger partial charge is 0.494 e. The molecule has 0 saturated carbocycles. The minimum absolute atomic E-state index is 0.203. The molecule has 31 heavy (non-hydrogen) atoms. The van der Waals surface area contributed by atoms with Crippen LogP contribution in [-0.2, 0) is 9.53 Å². The van der Waals surface area contributed by atoms with Gasteiger partial charge in [-0.15, -0.1) is 11.3 Å². The Morgan fingerprint density at radius 3 is 2.58 bits per heavy atom. The number of hydrogen-bond donors (Lipinski definition) is 1. The lowest BCUT2D eigenvalue weighted by atomic mass is 10.1. The first-order valence-electron chi connectivity index (χ1n) is 10.4. The number of hydrogen-bond acceptors (Lipinski definition) is 6. The van der Waals surface area contributed by atoms with Crippen LogP contribution in [0.1, 0.15) is 49.0 Å². The van der Waals surface area contributed by atoms with Gasteiger partial charge in [0.05, 0.1) is 18.6 Å². The van der Waals surface area contributed by atoms with Crippen molar-refractivity contribution in [2.75, 3.05) is 13.2 Å². The molecule has 0 bridgehead atoms. The van der Waals surface area contributed by atoms with E-state index in [2.05, 4.69) is 23.8 Å². The summed E-state index contributed by atoms with van der Waals surface area (Å²) in [5, 5.41) is 0.567. The van der Waals surface area contributed by atoms with Crippen molar-refractivity contribution in [1.82, 2.24) is 9.97 Å². The van der Waals surface area contributed by atoms with Crippen molar-refractivity contribution >= 4 is 39.2 Å². The molecule has 0 amide bonds. The van der Waals surface area contributed by atoms with Crippen LogP contribution in [-0.4, -0.2) is 29.2 Å². The van der Waals surface area contributed by atoms with Gasteiger partial charge in [0.15, 0.2) is 0 Å². The van der Waals surface area contributed by atoms with Gasteiger partial charge < -0.3 is 14.5 Å². The van der Waals surface area contributed by atoms with Crippen LogP contribution >= 0.6 is 11.3 Å². The molecule has 0 atom stereocenters. The Labute approximate surface area is 185 Å². The summed E-state index contributed by atoms with van der Waals surface area (Å²) >= 11 is 1.44. The molecule has 0 aliphatic heterocycles. The first-order chi connectivity index (χ1) is 14.8. The second kappa shape index (κ2) is 9.92. The summed E-state index contributed by atoms with van der Waals surface area (Å²) in [6.45, 7) is 10.8. The maximum Gasteiger partial charge on any atom is 0.341 e. The molecular formula is C24H28N2O4S. The van der Waals surface area contributed by atoms with Crippen LogP contribution in [0.3, 0.4) is 0 Å². The van der Waals surface area contributed by atoms with Crippen molar-refractivity contribution in [1.29, 1.82) is 0 Å². The van der Waals surface area contributed by atoms with E-state index in [1.807, 2.05) is 38.1 Å². The number of nitrogens with one attached hydrogen (secondary N) is 1. The topological polar surface area (TPSA) is 81.3 Å². The number of aryl methyl sites for hydroxylation is 2. The molecule has 6 nitrogen and oxygen atoms in total. The van der Waals surface area contributed by atoms with Crippen LogP contribution in [0.25, 0.3) is 21.9 Å². The van der Waals surface area contributed by atoms with Crippen molar-refractivity contribution in [3.05, 3.63) is 56.4 Å². The highest BCUT2D eigenvalue weighted by atomic mass is 32.1. The number of esters is 1. The number of ether oxygens (including phenoxy) is 2. The van der Waals surface area contributed by atoms with Crippen LogP contribution in [0.2, 0.25) is 0 Å². The Bertz CT molecular complexity index is 1160. The molecule has 3 aromatic rings. The maximum atomic E-state index is 12.7. The number of carbonyl (C=O) groups excluding carboxylic acids is 1. The van der Waals surface area contributed by atoms with Crippen molar-refractivity contribution in [3.8, 4) is 5.75 Å². The van der Waals surface area contributed by atoms with E-state index >= 15 is 0 Å². The first kappa shape index (κ1) is 22.7. The molecular weight excluding hydrogens is 412 g/mol. The molecule has 164 valence electrons. The van der Waals surface area contributed by atoms with E-state index in [0.29, 0.717) is 22.7 Å². The second-order valence-corrected chi connectivity index (χ2v) is 8.96. The number of benzene rings is 1. The summed E-state index contributed by atoms with van der Waals surface area (Å²) in [7, 11) is 0. The van der Waals surface area contributed by atoms with Gasteiger partial charge in [0.1, 0.15) is 22.0 Å². The number of carbonyl (C=O) groups is 1. The number of rotatable bonds is 8. The Hall–Kier alpha value is -2.93. The summed E-state index contributed by atoms with van der Waals surface area (Å²) in [5.74, 6) is 1.02. The van der Waals surface area contributed by atoms with Gasteiger partial charge in [0, 0.05) is 4.88 Å². The molecule has 0 spiro atoms. The third-order valence-corrected chi connectivity index (χ3v) is 6.05. The quantitative estimate of drug-likeness (QED) is 0.388. The molecule has 1 aromatic carbocycles. The number of nitrogens with zero attached hydrogens (tertiary/aromatic N) is 1. The molecule has 1 N–H and O–H groups in total. The number of fused-ring (bicyclic) bond motifs is 1. The van der Waals surface area contributed by atoms with Crippen molar-refractivity contribution in [2.45, 2.75) is 41.0 Å². The van der Waals surface area contributed by atoms with Gasteiger partial charge >= 0.3 is 5.97 Å². The average Bonchev–Trinajstić information content (AvgIpc) is 3.01. The monoisotopic (exact) mass is 440 g/mol. The summed E-state index contributed by atoms with van der Waals surface area (Å²) in [5.41, 5.74) is 1.64. The molecule has 2 heterocycles. The highest BCUT2D eigenvalue weighted by Gasteiger charge is 2.19. The minimum Gasteiger partial charge on any atom is -0.494 e. The molecule has 7 heteroatoms. The van der Waals surface area contributed by atoms with Gasteiger partial charge in [-0.3, -0.25) is 4.79 Å². The van der Waals surface area contributed by atoms with E-state index in [4.69, 9.17) is 9.47 Å². The number of aromatic nitrogens is 2. The Balaban J connectivity index is 1.96. The van der Waals surface area contributed by atoms with Crippen molar-refractivity contribution in [3.63, 3.8) is 0 Å². The predicted molar refractivity (Wildman–Crippen MR) is 126 cm³/mol. The zero-order chi connectivity index (χ0) is 22.5. The van der Waals surface area contributed by atoms with Gasteiger partial charge in [0.2, 0.25) is 0 Å². The fourth-order valence-electron chi connectivity index (χ4n) is 3.05. The van der Waals surface area contributed by atoms with Gasteiger partial charge in [-0.05, 0) is 62.4 Å². The van der Waals surface area contributed by atoms with Crippen molar-refractivity contribution < 1.29 is 14.3 Å². The van der Waals surface area contributed by atoms with E-state index < -0.39 is 5.97 Å². The fourth-order valence-corrected chi connectivity index (χ4v) is 4.08. The lowest BCUT2D eigenvalue weighted by Crippen LogP contribution is -2.15. The first-order valence-corrected chi connectivity index (χ1v) is 11.2. The SMILES string of the molecule is CCOC(=O)/C(=C/c1ccc(OCCC(C)C)cc1)c1nc2sc(C)c(C)c2c(=O)[nH]1. The lowest BCUT2D eigenvalue weighted by molar-refractivity contribution is -0.136. The van der Waals surface area contributed by atoms with Gasteiger partial charge in [-0.2, -0.15) is 0 Å². The zero-order valence-electron chi connectivity index (χ0n) is 18.6. The molecule has 0 radical (unpaired) electrons. The number of aromatic amines is 1. The van der Waals surface area contributed by atoms with Crippen LogP contribution in [0, 0.1) is 19.8 Å². The lowest BCUT2D eigenvalue weighted by Gasteiger charge is -2.09. The van der Waals surface area contributed by atoms with Crippen LogP contribution < -0.4 is 10.3 Å². The van der Waals surface area contributed by atoms with E-state index in [0.717, 1.165) is 28.2 Å². The second-order valence-electron chi connectivity index (χ2n) is 7.76. The molecule has 0 aliphatic rings. The van der Waals surface area contributed by atoms with Gasteiger partial charge in [-0.25, -0.2) is 9.78 Å². The van der Waals surface area contributed by atoms with Gasteiger partial charge in [-0.1, -0.05) is 26.0 Å². The predicted octanol–water partition coefficient (Wildman–Crippen LogP) is 5.13. The van der Waals surface area contributed by atoms with E-state index in [-0.39, 0.29) is 23.6 Å². The zero-order valence-corrected chi connectivity index (χ0v) is 19.4. The van der Waals surface area contributed by atoms with Gasteiger partial charge in [0.25, 0.3) is 5.56 Å². The maximum absolute atomic E-state index is 12.7. The smallest absolute Gasteiger partial charge is 0.341 e. The minimum atomic E-state index is -0.535. The standard InChI is InChI=1S/C24H28N2O4S/c1-6-29-24(28)19(13-17-7-9-18(10-8-17)30-12-11-14(2)3)21-25-22(27)20-15(4)16(5)31-23(20)26-21/h7-10,13-14H,6,11-12H2,1-5H3,(H,25,26,27)/b19-13+. The number of H-pyrrole nitrogens is 1. The van der Waals surface area contributed by atoms with E-state index in [9.17, 15) is 9.59 Å². The molecule has 3 rings (SSSR count). The highest BCUT2D eigenvalue weighted by molar-refractivity contribution is 7.18. The summed E-state index contributed by atoms with van der Waals surface area (Å²) in [6.07, 6.45) is 2.66. The Kier molecular flexibility index (Phi) is 7.28. The van der Waals surface area contributed by atoms with E-state index in [1.165, 1.54) is 11.3 Å². The van der Waals surface area contributed by atoms with Crippen LogP contribution in [0.15, 0.2) is 29.1 Å². The summed E-state index contributed by atoms with van der Waals surface area (Å²) < 4.78 is 11.0. The fraction of sp³-hybridized carbons (Fsp3) is 0.375. The average molecular weight is 441 g/mol. The van der Waals surface area contributed by atoms with Crippen LogP contribution in [0.4, 0.5) is 0 Å². The normalized spacial score (nSPS) is 11.9.